The maximum absolute atomic E-state index is 4.33. The van der Waals surface area contributed by atoms with Gasteiger partial charge < -0.3 is 0 Å². The maximum atomic E-state index is 4.33. The molecule has 0 saturated heterocycles. The molecule has 0 atom stereocenters. The summed E-state index contributed by atoms with van der Waals surface area (Å²) in [6.45, 7) is 0. The molecule has 0 saturated carbocycles. The van der Waals surface area contributed by atoms with Crippen LogP contribution in [0.5, 0.6) is 0 Å². The Hall–Kier alpha value is -1.48. The average Bonchev–Trinajstić information content (AvgIpc) is 2.29. The summed E-state index contributed by atoms with van der Waals surface area (Å²) >= 11 is 3.55. The summed E-state index contributed by atoms with van der Waals surface area (Å²) < 4.78 is 1.06. The monoisotopic (exact) mass is 258 g/mol. The second-order valence-electron chi connectivity index (χ2n) is 3.32. The first kappa shape index (κ1) is 8.80. The summed E-state index contributed by atoms with van der Waals surface area (Å²) in [4.78, 5) is 8.66. The molecule has 0 radical (unpaired) electrons. The summed E-state index contributed by atoms with van der Waals surface area (Å²) in [5.74, 6) is 0. The zero-order chi connectivity index (χ0) is 10.3. The van der Waals surface area contributed by atoms with E-state index < -0.39 is 0 Å². The quantitative estimate of drug-likeness (QED) is 0.577. The van der Waals surface area contributed by atoms with Crippen LogP contribution in [0.2, 0.25) is 0 Å². The van der Waals surface area contributed by atoms with E-state index in [1.165, 1.54) is 0 Å². The molecule has 0 spiro atoms. The molecule has 3 rings (SSSR count). The fraction of sp³-hybridized carbons (Fsp3) is 0. The Morgan fingerprint density at radius 3 is 2.60 bits per heavy atom. The molecule has 2 nitrogen and oxygen atoms in total. The largest absolute Gasteiger partial charge is 0.256 e. The van der Waals surface area contributed by atoms with Crippen LogP contribution in [0, 0.1) is 0 Å². The highest BCUT2D eigenvalue weighted by atomic mass is 79.9. The molecule has 0 aliphatic rings. The normalized spacial score (nSPS) is 11.0. The van der Waals surface area contributed by atoms with Crippen molar-refractivity contribution in [2.24, 2.45) is 0 Å². The smallest absolute Gasteiger partial charge is 0.0720 e. The first-order valence-electron chi connectivity index (χ1n) is 4.64. The first-order chi connectivity index (χ1) is 7.36. The van der Waals surface area contributed by atoms with E-state index in [2.05, 4.69) is 32.0 Å². The molecule has 0 aliphatic carbocycles. The third-order valence-corrected chi connectivity index (χ3v) is 3.10. The topological polar surface area (TPSA) is 25.8 Å². The number of fused-ring (bicyclic) bond motifs is 3. The minimum absolute atomic E-state index is 0.991. The zero-order valence-corrected chi connectivity index (χ0v) is 9.40. The van der Waals surface area contributed by atoms with Gasteiger partial charge in [-0.3, -0.25) is 9.97 Å². The molecule has 0 N–H and O–H groups in total. The number of benzene rings is 1. The lowest BCUT2D eigenvalue weighted by Gasteiger charge is -2.03. The number of rotatable bonds is 0. The predicted molar refractivity (Wildman–Crippen MR) is 64.7 cm³/mol. The van der Waals surface area contributed by atoms with E-state index in [4.69, 9.17) is 0 Å². The van der Waals surface area contributed by atoms with Crippen LogP contribution in [0.3, 0.4) is 0 Å². The van der Waals surface area contributed by atoms with Crippen molar-refractivity contribution in [1.29, 1.82) is 0 Å². The van der Waals surface area contributed by atoms with E-state index in [1.54, 1.807) is 12.4 Å². The van der Waals surface area contributed by atoms with Crippen molar-refractivity contribution in [2.45, 2.75) is 0 Å². The maximum Gasteiger partial charge on any atom is 0.0720 e. The van der Waals surface area contributed by atoms with Crippen LogP contribution in [0.4, 0.5) is 0 Å². The zero-order valence-electron chi connectivity index (χ0n) is 7.81. The van der Waals surface area contributed by atoms with Gasteiger partial charge in [0.15, 0.2) is 0 Å². The molecule has 1 aromatic carbocycles. The van der Waals surface area contributed by atoms with Crippen LogP contribution >= 0.6 is 15.9 Å². The van der Waals surface area contributed by atoms with Gasteiger partial charge in [0.25, 0.3) is 0 Å². The van der Waals surface area contributed by atoms with E-state index in [9.17, 15) is 0 Å². The van der Waals surface area contributed by atoms with Crippen molar-refractivity contribution in [3.63, 3.8) is 0 Å². The van der Waals surface area contributed by atoms with Gasteiger partial charge in [0.1, 0.15) is 0 Å². The number of pyridine rings is 2. The van der Waals surface area contributed by atoms with Crippen LogP contribution in [-0.2, 0) is 0 Å². The fourth-order valence-corrected chi connectivity index (χ4v) is 2.30. The van der Waals surface area contributed by atoms with Crippen LogP contribution in [0.15, 0.2) is 47.2 Å². The van der Waals surface area contributed by atoms with E-state index in [0.717, 1.165) is 26.3 Å². The van der Waals surface area contributed by atoms with E-state index in [-0.39, 0.29) is 0 Å². The molecule has 0 aliphatic heterocycles. The standard InChI is InChI=1S/C12H7BrN2/c13-9-5-7-15-11-4-3-10-8(12(9)11)2-1-6-14-10/h1-7H. The molecule has 72 valence electrons. The summed E-state index contributed by atoms with van der Waals surface area (Å²) in [5.41, 5.74) is 1.99. The highest BCUT2D eigenvalue weighted by Crippen LogP contribution is 2.28. The van der Waals surface area contributed by atoms with Crippen molar-refractivity contribution in [3.8, 4) is 0 Å². The lowest BCUT2D eigenvalue weighted by molar-refractivity contribution is 1.39. The van der Waals surface area contributed by atoms with Gasteiger partial charge in [-0.05, 0) is 24.3 Å². The van der Waals surface area contributed by atoms with Gasteiger partial charge in [0.05, 0.1) is 11.0 Å². The Morgan fingerprint density at radius 1 is 0.867 bits per heavy atom. The molecular weight excluding hydrogens is 252 g/mol. The number of halogens is 1. The molecule has 2 aromatic heterocycles. The van der Waals surface area contributed by atoms with Gasteiger partial charge >= 0.3 is 0 Å². The number of nitrogens with zero attached hydrogens (tertiary/aromatic N) is 2. The Bertz CT molecular complexity index is 649. The van der Waals surface area contributed by atoms with Gasteiger partial charge in [-0.1, -0.05) is 22.0 Å². The minimum Gasteiger partial charge on any atom is -0.256 e. The molecule has 2 heterocycles. The summed E-state index contributed by atoms with van der Waals surface area (Å²) in [6.07, 6.45) is 3.60. The van der Waals surface area contributed by atoms with Crippen molar-refractivity contribution >= 4 is 37.7 Å². The molecule has 0 amide bonds. The van der Waals surface area contributed by atoms with Gasteiger partial charge in [0, 0.05) is 27.6 Å². The molecule has 15 heavy (non-hydrogen) atoms. The van der Waals surface area contributed by atoms with Crippen molar-refractivity contribution < 1.29 is 0 Å². The van der Waals surface area contributed by atoms with Gasteiger partial charge in [-0.15, -0.1) is 0 Å². The van der Waals surface area contributed by atoms with Crippen molar-refractivity contribution in [1.82, 2.24) is 9.97 Å². The summed E-state index contributed by atoms with van der Waals surface area (Å²) in [6, 6.07) is 9.96. The number of hydrogen-bond donors (Lipinski definition) is 0. The Labute approximate surface area is 95.1 Å². The highest BCUT2D eigenvalue weighted by molar-refractivity contribution is 9.10. The minimum atomic E-state index is 0.991. The SMILES string of the molecule is Brc1ccnc2ccc3ncccc3c12. The third-order valence-electron chi connectivity index (χ3n) is 2.44. The molecule has 3 aromatic rings. The van der Waals surface area contributed by atoms with E-state index >= 15 is 0 Å². The predicted octanol–water partition coefficient (Wildman–Crippen LogP) is 3.55. The van der Waals surface area contributed by atoms with Gasteiger partial charge in [-0.25, -0.2) is 0 Å². The second kappa shape index (κ2) is 3.28. The average molecular weight is 259 g/mol. The summed E-state index contributed by atoms with van der Waals surface area (Å²) in [7, 11) is 0. The van der Waals surface area contributed by atoms with Gasteiger partial charge in [-0.2, -0.15) is 0 Å². The fourth-order valence-electron chi connectivity index (χ4n) is 1.77. The Morgan fingerprint density at radius 2 is 1.67 bits per heavy atom. The van der Waals surface area contributed by atoms with Crippen molar-refractivity contribution in [3.05, 3.63) is 47.2 Å². The van der Waals surface area contributed by atoms with E-state index in [1.807, 2.05) is 24.3 Å². The number of aromatic nitrogens is 2. The molecular formula is C12H7BrN2. The molecule has 0 fully saturated rings. The molecule has 0 unspecified atom stereocenters. The highest BCUT2D eigenvalue weighted by Gasteiger charge is 2.04. The number of hydrogen-bond acceptors (Lipinski definition) is 2. The van der Waals surface area contributed by atoms with Crippen molar-refractivity contribution in [2.75, 3.05) is 0 Å². The molecule has 3 heteroatoms. The van der Waals surface area contributed by atoms with Crippen LogP contribution in [-0.4, -0.2) is 9.97 Å². The van der Waals surface area contributed by atoms with Crippen LogP contribution in [0.1, 0.15) is 0 Å². The van der Waals surface area contributed by atoms with Gasteiger partial charge in [0.2, 0.25) is 0 Å². The molecule has 0 bridgehead atoms. The van der Waals surface area contributed by atoms with E-state index in [0.29, 0.717) is 0 Å². The van der Waals surface area contributed by atoms with Crippen LogP contribution in [0.25, 0.3) is 21.8 Å². The lowest BCUT2D eigenvalue weighted by Crippen LogP contribution is -1.83. The summed E-state index contributed by atoms with van der Waals surface area (Å²) in [5, 5.41) is 2.26. The second-order valence-corrected chi connectivity index (χ2v) is 4.18. The Balaban J connectivity index is 2.64. The third kappa shape index (κ3) is 1.31. The first-order valence-corrected chi connectivity index (χ1v) is 5.43. The van der Waals surface area contributed by atoms with Crippen LogP contribution < -0.4 is 0 Å². The lowest BCUT2D eigenvalue weighted by atomic mass is 10.1. The Kier molecular flexibility index (Phi) is 1.92.